The van der Waals surface area contributed by atoms with E-state index in [2.05, 4.69) is 5.10 Å². The minimum absolute atomic E-state index is 0.0814. The fraction of sp³-hybridized carbons (Fsp3) is 0.636. The topological polar surface area (TPSA) is 92.5 Å². The summed E-state index contributed by atoms with van der Waals surface area (Å²) in [5, 5.41) is 12.5. The smallest absolute Gasteiger partial charge is 0.305 e. The van der Waals surface area contributed by atoms with Gasteiger partial charge >= 0.3 is 5.97 Å². The molecule has 0 bridgehead atoms. The lowest BCUT2D eigenvalue weighted by Crippen LogP contribution is -2.28. The molecular weight excluding hydrogens is 270 g/mol. The first-order chi connectivity index (χ1) is 8.89. The molecule has 0 saturated carbocycles. The van der Waals surface area contributed by atoms with Gasteiger partial charge in [-0.3, -0.25) is 9.48 Å². The highest BCUT2D eigenvalue weighted by Gasteiger charge is 2.31. The molecule has 8 heteroatoms. The number of aryl methyl sites for hydroxylation is 1. The van der Waals surface area contributed by atoms with Gasteiger partial charge < -0.3 is 5.11 Å². The zero-order chi connectivity index (χ0) is 14.0. The Labute approximate surface area is 111 Å². The van der Waals surface area contributed by atoms with Crippen LogP contribution in [0.2, 0.25) is 0 Å². The maximum Gasteiger partial charge on any atom is 0.305 e. The van der Waals surface area contributed by atoms with E-state index in [1.165, 1.54) is 21.4 Å². The number of nitrogens with zero attached hydrogens (tertiary/aromatic N) is 3. The molecule has 1 aliphatic heterocycles. The van der Waals surface area contributed by atoms with E-state index in [1.807, 2.05) is 6.92 Å². The molecule has 1 saturated heterocycles. The van der Waals surface area contributed by atoms with Gasteiger partial charge in [-0.2, -0.15) is 9.40 Å². The molecule has 7 nitrogen and oxygen atoms in total. The van der Waals surface area contributed by atoms with Gasteiger partial charge in [-0.15, -0.1) is 0 Å². The zero-order valence-corrected chi connectivity index (χ0v) is 11.5. The SMILES string of the molecule is CC1CCN(S(=O)(=O)c2cnn(CCC(=O)O)c2)C1. The van der Waals surface area contributed by atoms with E-state index in [9.17, 15) is 13.2 Å². The highest BCUT2D eigenvalue weighted by Crippen LogP contribution is 2.23. The number of carboxylic acids is 1. The summed E-state index contributed by atoms with van der Waals surface area (Å²) in [5.41, 5.74) is 0. The molecule has 1 fully saturated rings. The van der Waals surface area contributed by atoms with E-state index in [0.717, 1.165) is 6.42 Å². The molecular formula is C11H17N3O4S. The van der Waals surface area contributed by atoms with Crippen molar-refractivity contribution in [3.8, 4) is 0 Å². The first-order valence-electron chi connectivity index (χ1n) is 6.14. The van der Waals surface area contributed by atoms with Crippen LogP contribution < -0.4 is 0 Å². The number of rotatable bonds is 5. The third-order valence-electron chi connectivity index (χ3n) is 3.19. The first kappa shape index (κ1) is 14.0. The molecule has 19 heavy (non-hydrogen) atoms. The average molecular weight is 287 g/mol. The lowest BCUT2D eigenvalue weighted by Gasteiger charge is -2.14. The monoisotopic (exact) mass is 287 g/mol. The van der Waals surface area contributed by atoms with Gasteiger partial charge in [0.2, 0.25) is 10.0 Å². The van der Waals surface area contributed by atoms with Gasteiger partial charge in [-0.05, 0) is 12.3 Å². The summed E-state index contributed by atoms with van der Waals surface area (Å²) < 4.78 is 27.4. The summed E-state index contributed by atoms with van der Waals surface area (Å²) >= 11 is 0. The van der Waals surface area contributed by atoms with Gasteiger partial charge in [-0.1, -0.05) is 6.92 Å². The maximum absolute atomic E-state index is 12.3. The first-order valence-corrected chi connectivity index (χ1v) is 7.58. The van der Waals surface area contributed by atoms with Gasteiger partial charge in [0.25, 0.3) is 0 Å². The van der Waals surface area contributed by atoms with Crippen LogP contribution in [0.4, 0.5) is 0 Å². The Bertz CT molecular complexity index is 566. The van der Waals surface area contributed by atoms with Crippen molar-refractivity contribution in [2.45, 2.75) is 31.2 Å². The van der Waals surface area contributed by atoms with Crippen LogP contribution in [0.15, 0.2) is 17.3 Å². The van der Waals surface area contributed by atoms with Crippen molar-refractivity contribution in [2.75, 3.05) is 13.1 Å². The van der Waals surface area contributed by atoms with Crippen LogP contribution >= 0.6 is 0 Å². The third-order valence-corrected chi connectivity index (χ3v) is 5.01. The highest BCUT2D eigenvalue weighted by atomic mass is 32.2. The van der Waals surface area contributed by atoms with E-state index < -0.39 is 16.0 Å². The van der Waals surface area contributed by atoms with Crippen molar-refractivity contribution in [2.24, 2.45) is 5.92 Å². The Kier molecular flexibility index (Phi) is 3.91. The molecule has 0 radical (unpaired) electrons. The van der Waals surface area contributed by atoms with Crippen LogP contribution in [0, 0.1) is 5.92 Å². The zero-order valence-electron chi connectivity index (χ0n) is 10.7. The minimum Gasteiger partial charge on any atom is -0.481 e. The van der Waals surface area contributed by atoms with Crippen molar-refractivity contribution in [1.29, 1.82) is 0 Å². The number of sulfonamides is 1. The Morgan fingerprint density at radius 1 is 1.58 bits per heavy atom. The summed E-state index contributed by atoms with van der Waals surface area (Å²) in [6, 6.07) is 0. The fourth-order valence-corrected chi connectivity index (χ4v) is 3.60. The maximum atomic E-state index is 12.3. The molecule has 0 amide bonds. The van der Waals surface area contributed by atoms with Crippen LogP contribution in [0.3, 0.4) is 0 Å². The van der Waals surface area contributed by atoms with Crippen LogP contribution in [0.1, 0.15) is 19.8 Å². The molecule has 2 rings (SSSR count). The van der Waals surface area contributed by atoms with Gasteiger partial charge in [-0.25, -0.2) is 8.42 Å². The summed E-state index contributed by atoms with van der Waals surface area (Å²) in [6.45, 7) is 3.25. The van der Waals surface area contributed by atoms with Crippen LogP contribution in [0.25, 0.3) is 0 Å². The number of carboxylic acid groups (broad SMARTS) is 1. The number of hydrogen-bond donors (Lipinski definition) is 1. The lowest BCUT2D eigenvalue weighted by atomic mass is 10.2. The number of aromatic nitrogens is 2. The van der Waals surface area contributed by atoms with Gasteiger partial charge in [0, 0.05) is 19.3 Å². The molecule has 1 aliphatic rings. The lowest BCUT2D eigenvalue weighted by molar-refractivity contribution is -0.137. The Morgan fingerprint density at radius 3 is 2.89 bits per heavy atom. The molecule has 1 atom stereocenters. The van der Waals surface area contributed by atoms with Crippen molar-refractivity contribution >= 4 is 16.0 Å². The number of aliphatic carboxylic acids is 1. The summed E-state index contributed by atoms with van der Waals surface area (Å²) in [4.78, 5) is 10.6. The van der Waals surface area contributed by atoms with E-state index in [4.69, 9.17) is 5.11 Å². The minimum atomic E-state index is -3.49. The Hall–Kier alpha value is -1.41. The molecule has 0 aromatic carbocycles. The van der Waals surface area contributed by atoms with E-state index >= 15 is 0 Å². The molecule has 1 unspecified atom stereocenters. The van der Waals surface area contributed by atoms with E-state index in [1.54, 1.807) is 0 Å². The second-order valence-electron chi connectivity index (χ2n) is 4.84. The average Bonchev–Trinajstić information content (AvgIpc) is 2.95. The molecule has 106 valence electrons. The standard InChI is InChI=1S/C11H17N3O4S/c1-9-2-5-14(7-9)19(17,18)10-6-12-13(8-10)4-3-11(15)16/h6,8-9H,2-5,7H2,1H3,(H,15,16). The predicted molar refractivity (Wildman–Crippen MR) is 67.0 cm³/mol. The summed E-state index contributed by atoms with van der Waals surface area (Å²) in [5.74, 6) is -0.565. The Balaban J connectivity index is 2.11. The predicted octanol–water partition coefficient (Wildman–Crippen LogP) is 0.388. The highest BCUT2D eigenvalue weighted by molar-refractivity contribution is 7.89. The largest absolute Gasteiger partial charge is 0.481 e. The molecule has 0 aliphatic carbocycles. The molecule has 1 aromatic rings. The molecule has 1 N–H and O–H groups in total. The normalized spacial score (nSPS) is 20.8. The number of carbonyl (C=O) groups is 1. The van der Waals surface area contributed by atoms with Gasteiger partial charge in [0.05, 0.1) is 19.2 Å². The second kappa shape index (κ2) is 5.30. The van der Waals surface area contributed by atoms with Crippen LogP contribution in [-0.4, -0.2) is 46.7 Å². The molecule has 2 heterocycles. The number of hydrogen-bond acceptors (Lipinski definition) is 4. The van der Waals surface area contributed by atoms with Crippen molar-refractivity contribution in [3.05, 3.63) is 12.4 Å². The Morgan fingerprint density at radius 2 is 2.32 bits per heavy atom. The van der Waals surface area contributed by atoms with E-state index in [-0.39, 0.29) is 17.9 Å². The quantitative estimate of drug-likeness (QED) is 0.845. The third kappa shape index (κ3) is 3.13. The van der Waals surface area contributed by atoms with Gasteiger partial charge in [0.1, 0.15) is 4.90 Å². The van der Waals surface area contributed by atoms with Gasteiger partial charge in [0.15, 0.2) is 0 Å². The summed E-state index contributed by atoms with van der Waals surface area (Å²) in [7, 11) is -3.49. The fourth-order valence-electron chi connectivity index (χ4n) is 2.07. The van der Waals surface area contributed by atoms with Crippen LogP contribution in [-0.2, 0) is 21.4 Å². The van der Waals surface area contributed by atoms with Crippen LogP contribution in [0.5, 0.6) is 0 Å². The summed E-state index contributed by atoms with van der Waals surface area (Å²) in [6.07, 6.45) is 3.45. The molecule has 0 spiro atoms. The van der Waals surface area contributed by atoms with E-state index in [0.29, 0.717) is 19.0 Å². The van der Waals surface area contributed by atoms with Crippen molar-refractivity contribution in [1.82, 2.24) is 14.1 Å². The second-order valence-corrected chi connectivity index (χ2v) is 6.78. The van der Waals surface area contributed by atoms with Crippen molar-refractivity contribution in [3.63, 3.8) is 0 Å². The molecule has 1 aromatic heterocycles. The van der Waals surface area contributed by atoms with Crippen molar-refractivity contribution < 1.29 is 18.3 Å².